The molecular weight excluding hydrogens is 457 g/mol. The molecule has 2 atom stereocenters. The number of nitrogens with two attached hydrogens (primary N) is 4. The number of benzene rings is 1. The normalized spacial score (nSPS) is 16.6. The first kappa shape index (κ1) is 28.8. The second-order valence-electron chi connectivity index (χ2n) is 8.60. The molecule has 10 heteroatoms. The van der Waals surface area contributed by atoms with Gasteiger partial charge in [-0.05, 0) is 49.7 Å². The minimum absolute atomic E-state index is 0.258. The predicted octanol–water partition coefficient (Wildman–Crippen LogP) is 2.29. The van der Waals surface area contributed by atoms with E-state index in [1.165, 1.54) is 12.3 Å². The van der Waals surface area contributed by atoms with Gasteiger partial charge in [-0.15, -0.1) is 6.58 Å². The van der Waals surface area contributed by atoms with Crippen LogP contribution in [0.15, 0.2) is 73.4 Å². The van der Waals surface area contributed by atoms with Gasteiger partial charge < -0.3 is 33.3 Å². The molecule has 0 radical (unpaired) electrons. The van der Waals surface area contributed by atoms with Crippen LogP contribution >= 0.6 is 0 Å². The summed E-state index contributed by atoms with van der Waals surface area (Å²) in [4.78, 5) is 6.69. The van der Waals surface area contributed by atoms with Crippen molar-refractivity contribution in [3.63, 3.8) is 0 Å². The molecule has 1 aromatic heterocycles. The number of hydrogen-bond donors (Lipinski definition) is 7. The summed E-state index contributed by atoms with van der Waals surface area (Å²) in [6.07, 6.45) is 6.96. The molecule has 0 saturated carbocycles. The van der Waals surface area contributed by atoms with Crippen LogP contribution in [-0.4, -0.2) is 36.6 Å². The molecular formula is C26H40FN9. The van der Waals surface area contributed by atoms with Crippen molar-refractivity contribution in [3.05, 3.63) is 95.9 Å². The predicted molar refractivity (Wildman–Crippen MR) is 145 cm³/mol. The van der Waals surface area contributed by atoms with Gasteiger partial charge in [-0.25, -0.2) is 9.37 Å². The molecule has 1 fully saturated rings. The van der Waals surface area contributed by atoms with E-state index in [0.717, 1.165) is 47.7 Å². The fourth-order valence-corrected chi connectivity index (χ4v) is 4.04. The number of likely N-dealkylation sites (N-methyl/N-ethyl adjacent to an activating group) is 1. The third kappa shape index (κ3) is 7.79. The number of nitrogens with one attached hydrogen (secondary N) is 3. The molecule has 0 aliphatic carbocycles. The average molecular weight is 498 g/mol. The number of pyridine rings is 1. The van der Waals surface area contributed by atoms with Crippen LogP contribution < -0.4 is 39.1 Å². The Morgan fingerprint density at radius 2 is 2.00 bits per heavy atom. The lowest BCUT2D eigenvalue weighted by Gasteiger charge is -2.28. The number of allylic oxidation sites excluding steroid dienone is 1. The number of anilines is 1. The Balaban J connectivity index is 0.000000493. The van der Waals surface area contributed by atoms with Crippen LogP contribution in [0.3, 0.4) is 0 Å². The van der Waals surface area contributed by atoms with Gasteiger partial charge in [-0.1, -0.05) is 30.9 Å². The first-order chi connectivity index (χ1) is 17.2. The van der Waals surface area contributed by atoms with Gasteiger partial charge in [-0.3, -0.25) is 10.7 Å². The maximum atomic E-state index is 14.6. The fraction of sp³-hybridized carbons (Fsp3) is 0.346. The summed E-state index contributed by atoms with van der Waals surface area (Å²) < 4.78 is 14.6. The molecule has 2 heterocycles. The summed E-state index contributed by atoms with van der Waals surface area (Å²) in [7, 11) is 3.92. The van der Waals surface area contributed by atoms with Crippen LogP contribution in [0, 0.1) is 5.82 Å². The number of hydrazine groups is 1. The van der Waals surface area contributed by atoms with E-state index in [9.17, 15) is 4.39 Å². The molecule has 9 nitrogen and oxygen atoms in total. The maximum Gasteiger partial charge on any atom is 0.129 e. The van der Waals surface area contributed by atoms with Crippen LogP contribution in [0.2, 0.25) is 0 Å². The quantitative estimate of drug-likeness (QED) is 0.113. The molecule has 1 aliphatic rings. The highest BCUT2D eigenvalue weighted by atomic mass is 19.1. The van der Waals surface area contributed by atoms with Crippen LogP contribution in [-0.2, 0) is 0 Å². The summed E-state index contributed by atoms with van der Waals surface area (Å²) in [5, 5.41) is 6.52. The largest absolute Gasteiger partial charge is 0.403 e. The number of aromatic nitrogens is 1. The highest BCUT2D eigenvalue weighted by Gasteiger charge is 2.26. The van der Waals surface area contributed by atoms with Crippen molar-refractivity contribution in [2.24, 2.45) is 23.0 Å². The fourth-order valence-electron chi connectivity index (χ4n) is 4.04. The maximum absolute atomic E-state index is 14.6. The van der Waals surface area contributed by atoms with E-state index < -0.39 is 12.0 Å². The monoisotopic (exact) mass is 497 g/mol. The summed E-state index contributed by atoms with van der Waals surface area (Å²) >= 11 is 0. The van der Waals surface area contributed by atoms with Crippen molar-refractivity contribution in [1.82, 2.24) is 20.6 Å². The first-order valence-electron chi connectivity index (χ1n) is 11.8. The van der Waals surface area contributed by atoms with Gasteiger partial charge in [0.05, 0.1) is 12.2 Å². The van der Waals surface area contributed by atoms with Crippen molar-refractivity contribution in [2.45, 2.75) is 37.5 Å². The number of hydrogen-bond acceptors (Lipinski definition) is 9. The van der Waals surface area contributed by atoms with Crippen LogP contribution in [0.5, 0.6) is 0 Å². The van der Waals surface area contributed by atoms with Gasteiger partial charge >= 0.3 is 0 Å². The second kappa shape index (κ2) is 14.2. The lowest BCUT2D eigenvalue weighted by atomic mass is 9.97. The molecule has 0 spiro atoms. The average Bonchev–Trinajstić information content (AvgIpc) is 3.31. The van der Waals surface area contributed by atoms with Crippen LogP contribution in [0.25, 0.3) is 0 Å². The molecule has 0 bridgehead atoms. The van der Waals surface area contributed by atoms with E-state index in [1.54, 1.807) is 18.3 Å². The van der Waals surface area contributed by atoms with E-state index >= 15 is 0 Å². The lowest BCUT2D eigenvalue weighted by Crippen LogP contribution is -2.35. The molecule has 11 N–H and O–H groups in total. The first-order valence-corrected chi connectivity index (χ1v) is 11.8. The molecule has 2 unspecified atom stereocenters. The molecule has 1 saturated heterocycles. The third-order valence-corrected chi connectivity index (χ3v) is 6.10. The van der Waals surface area contributed by atoms with Gasteiger partial charge in [0.15, 0.2) is 0 Å². The Hall–Kier alpha value is -3.44. The highest BCUT2D eigenvalue weighted by Crippen LogP contribution is 2.28. The molecule has 1 aromatic carbocycles. The summed E-state index contributed by atoms with van der Waals surface area (Å²) in [5.74, 6) is 5.38. The summed E-state index contributed by atoms with van der Waals surface area (Å²) in [5.41, 5.74) is 22.5. The van der Waals surface area contributed by atoms with Gasteiger partial charge in [-0.2, -0.15) is 0 Å². The number of rotatable bonds is 10. The Kier molecular flexibility index (Phi) is 11.4. The lowest BCUT2D eigenvalue weighted by molar-refractivity contribution is 0.331. The van der Waals surface area contributed by atoms with E-state index in [4.69, 9.17) is 23.0 Å². The highest BCUT2D eigenvalue weighted by molar-refractivity contribution is 5.40. The van der Waals surface area contributed by atoms with Crippen molar-refractivity contribution in [2.75, 3.05) is 26.0 Å². The van der Waals surface area contributed by atoms with E-state index in [0.29, 0.717) is 12.0 Å². The Morgan fingerprint density at radius 1 is 1.28 bits per heavy atom. The Morgan fingerprint density at radius 3 is 2.44 bits per heavy atom. The van der Waals surface area contributed by atoms with Gasteiger partial charge in [0.2, 0.25) is 0 Å². The topological polar surface area (TPSA) is 156 Å². The zero-order valence-corrected chi connectivity index (χ0v) is 21.2. The van der Waals surface area contributed by atoms with Crippen molar-refractivity contribution >= 4 is 5.82 Å². The number of nitrogens with zero attached hydrogens (tertiary/aromatic N) is 2. The number of likely N-dealkylation sites (tertiary alicyclic amines) is 1. The smallest absolute Gasteiger partial charge is 0.129 e. The molecule has 0 amide bonds. The Bertz CT molecular complexity index is 1020. The second-order valence-corrected chi connectivity index (χ2v) is 8.60. The minimum Gasteiger partial charge on any atom is -0.403 e. The molecule has 36 heavy (non-hydrogen) atoms. The summed E-state index contributed by atoms with van der Waals surface area (Å²) in [6, 6.07) is 8.82. The molecule has 1 aliphatic heterocycles. The van der Waals surface area contributed by atoms with Gasteiger partial charge in [0.1, 0.15) is 11.6 Å². The zero-order chi connectivity index (χ0) is 26.7. The standard InChI is InChI=1S/C21H29FN6.C5H11N3/c1-13(18-5-4-10-28(18)3)27-20(15-7-9-19(25-2)26-12-15)14-6-8-16(21(23)24)17(22)11-14;1-2-3-5(4-6)8-7/h6-9,11-12,18,20-21,27H,1,4-5,10,23-24H2,2-3H3,(H,25,26);2,4,8H,1,3,6-7H2/b;5-4-. The SMILES string of the molecule is C=C(NC(c1ccc(NC)nc1)c1ccc(C(N)N)c(F)c1)C1CCCN1C.C=CC/C(=C/N)NN. The third-order valence-electron chi connectivity index (χ3n) is 6.10. The van der Waals surface area contributed by atoms with E-state index in [-0.39, 0.29) is 12.1 Å². The van der Waals surface area contributed by atoms with Crippen LogP contribution in [0.1, 0.15) is 48.2 Å². The minimum atomic E-state index is -0.848. The van der Waals surface area contributed by atoms with Crippen LogP contribution in [0.4, 0.5) is 10.2 Å². The zero-order valence-electron chi connectivity index (χ0n) is 21.2. The van der Waals surface area contributed by atoms with Crippen molar-refractivity contribution in [3.8, 4) is 0 Å². The molecule has 2 aromatic rings. The van der Waals surface area contributed by atoms with Gasteiger partial charge in [0, 0.05) is 48.9 Å². The van der Waals surface area contributed by atoms with E-state index in [2.05, 4.69) is 46.1 Å². The van der Waals surface area contributed by atoms with Crippen molar-refractivity contribution in [1.29, 1.82) is 0 Å². The van der Waals surface area contributed by atoms with E-state index in [1.807, 2.05) is 25.2 Å². The Labute approximate surface area is 213 Å². The summed E-state index contributed by atoms with van der Waals surface area (Å²) in [6.45, 7) is 8.81. The molecule has 196 valence electrons. The van der Waals surface area contributed by atoms with Crippen molar-refractivity contribution < 1.29 is 4.39 Å². The van der Waals surface area contributed by atoms with Gasteiger partial charge in [0.25, 0.3) is 0 Å². The number of halogens is 1. The molecule has 3 rings (SSSR count).